The van der Waals surface area contributed by atoms with Crippen molar-refractivity contribution in [1.82, 2.24) is 0 Å². The zero-order valence-corrected chi connectivity index (χ0v) is 14.5. The van der Waals surface area contributed by atoms with Crippen LogP contribution in [0.4, 0.5) is 0 Å². The fraction of sp³-hybridized carbons (Fsp3) is 0. The predicted molar refractivity (Wildman–Crippen MR) is 110 cm³/mol. The molecule has 0 saturated heterocycles. The summed E-state index contributed by atoms with van der Waals surface area (Å²) in [6.45, 7) is 0. The normalized spacial score (nSPS) is 14.7. The Labute approximate surface area is 157 Å². The molecule has 0 atom stereocenters. The zero-order valence-electron chi connectivity index (χ0n) is 14.5. The summed E-state index contributed by atoms with van der Waals surface area (Å²) in [5.41, 5.74) is 9.43. The molecule has 1 heterocycles. The molecule has 0 spiro atoms. The summed E-state index contributed by atoms with van der Waals surface area (Å²) in [7, 11) is 0. The number of nitrogens with one attached hydrogen (secondary N) is 1. The minimum Gasteiger partial charge on any atom is -0.383 e. The van der Waals surface area contributed by atoms with E-state index in [1.165, 1.54) is 0 Å². The summed E-state index contributed by atoms with van der Waals surface area (Å²) in [5.74, 6) is 1.53. The molecule has 3 N–H and O–H groups in total. The van der Waals surface area contributed by atoms with Crippen LogP contribution >= 0.6 is 0 Å². The van der Waals surface area contributed by atoms with Crippen molar-refractivity contribution in [3.8, 4) is 0 Å². The van der Waals surface area contributed by atoms with Gasteiger partial charge in [-0.25, -0.2) is 15.0 Å². The molecule has 130 valence electrons. The van der Waals surface area contributed by atoms with Crippen LogP contribution in [-0.4, -0.2) is 23.3 Å². The van der Waals surface area contributed by atoms with E-state index in [4.69, 9.17) is 11.1 Å². The van der Waals surface area contributed by atoms with Gasteiger partial charge in [-0.05, 0) is 0 Å². The standard InChI is InChI=1S/C22H17N5/c23-19(15-9-3-1-4-10-15)25-21-17-13-7-8-14-18(17)22(27-21)26-20(24)16-11-5-2-6-12-16/h1-14H,(H3,23,24,25,26,27). The Balaban J connectivity index is 1.74. The summed E-state index contributed by atoms with van der Waals surface area (Å²) in [6.07, 6.45) is 0. The average Bonchev–Trinajstić information content (AvgIpc) is 3.06. The van der Waals surface area contributed by atoms with Crippen LogP contribution in [0.15, 0.2) is 99.9 Å². The molecule has 27 heavy (non-hydrogen) atoms. The van der Waals surface area contributed by atoms with Crippen molar-refractivity contribution in [3.05, 3.63) is 107 Å². The summed E-state index contributed by atoms with van der Waals surface area (Å²) < 4.78 is 0. The van der Waals surface area contributed by atoms with Gasteiger partial charge in [-0.1, -0.05) is 84.9 Å². The predicted octanol–water partition coefficient (Wildman–Crippen LogP) is 3.62. The van der Waals surface area contributed by atoms with E-state index in [0.29, 0.717) is 17.5 Å². The Morgan fingerprint density at radius 1 is 0.741 bits per heavy atom. The van der Waals surface area contributed by atoms with Gasteiger partial charge in [0.25, 0.3) is 0 Å². The number of benzene rings is 3. The number of hydrogen-bond acceptors (Lipinski definition) is 2. The molecule has 1 aliphatic rings. The Hall–Kier alpha value is -3.86. The number of aliphatic imine (C=N–C) groups is 3. The van der Waals surface area contributed by atoms with Crippen LogP contribution in [0.25, 0.3) is 0 Å². The van der Waals surface area contributed by atoms with Crippen LogP contribution in [0.2, 0.25) is 0 Å². The van der Waals surface area contributed by atoms with Crippen LogP contribution in [0, 0.1) is 5.41 Å². The maximum Gasteiger partial charge on any atom is 0.164 e. The molecular weight excluding hydrogens is 334 g/mol. The third-order valence-electron chi connectivity index (χ3n) is 4.18. The molecular formula is C22H17N5. The molecule has 3 aromatic carbocycles. The van der Waals surface area contributed by atoms with Crippen molar-refractivity contribution < 1.29 is 0 Å². The van der Waals surface area contributed by atoms with Gasteiger partial charge in [0.1, 0.15) is 5.84 Å². The molecule has 1 aliphatic heterocycles. The van der Waals surface area contributed by atoms with E-state index in [1.807, 2.05) is 84.9 Å². The first kappa shape index (κ1) is 16.6. The van der Waals surface area contributed by atoms with Gasteiger partial charge in [-0.2, -0.15) is 0 Å². The average molecular weight is 351 g/mol. The Bertz CT molecular complexity index is 1080. The fourth-order valence-corrected chi connectivity index (χ4v) is 2.82. The molecule has 5 heteroatoms. The van der Waals surface area contributed by atoms with Crippen molar-refractivity contribution in [2.75, 3.05) is 0 Å². The minimum atomic E-state index is 0.158. The van der Waals surface area contributed by atoms with Gasteiger partial charge in [-0.15, -0.1) is 0 Å². The van der Waals surface area contributed by atoms with Crippen molar-refractivity contribution in [2.24, 2.45) is 20.7 Å². The van der Waals surface area contributed by atoms with Crippen LogP contribution in [0.5, 0.6) is 0 Å². The van der Waals surface area contributed by atoms with Crippen LogP contribution < -0.4 is 5.73 Å². The lowest BCUT2D eigenvalue weighted by molar-refractivity contribution is 1.40. The Kier molecular flexibility index (Phi) is 4.41. The van der Waals surface area contributed by atoms with E-state index in [1.54, 1.807) is 0 Å². The molecule has 5 nitrogen and oxygen atoms in total. The van der Waals surface area contributed by atoms with E-state index in [9.17, 15) is 0 Å². The van der Waals surface area contributed by atoms with Gasteiger partial charge in [0.05, 0.1) is 0 Å². The second-order valence-electron chi connectivity index (χ2n) is 5.99. The van der Waals surface area contributed by atoms with E-state index >= 15 is 0 Å². The van der Waals surface area contributed by atoms with Crippen molar-refractivity contribution in [3.63, 3.8) is 0 Å². The summed E-state index contributed by atoms with van der Waals surface area (Å²) in [5, 5.41) is 8.26. The monoisotopic (exact) mass is 351 g/mol. The molecule has 0 bridgehead atoms. The Morgan fingerprint density at radius 3 is 1.96 bits per heavy atom. The molecule has 3 aromatic rings. The number of fused-ring (bicyclic) bond motifs is 1. The van der Waals surface area contributed by atoms with Crippen LogP contribution in [0.3, 0.4) is 0 Å². The van der Waals surface area contributed by atoms with E-state index < -0.39 is 0 Å². The lowest BCUT2D eigenvalue weighted by Gasteiger charge is -2.01. The molecule has 0 fully saturated rings. The molecule has 0 saturated carbocycles. The van der Waals surface area contributed by atoms with Gasteiger partial charge >= 0.3 is 0 Å². The van der Waals surface area contributed by atoms with Gasteiger partial charge in [-0.3, -0.25) is 5.41 Å². The van der Waals surface area contributed by atoms with Crippen molar-refractivity contribution >= 4 is 23.3 Å². The topological polar surface area (TPSA) is 87.0 Å². The van der Waals surface area contributed by atoms with Gasteiger partial charge < -0.3 is 5.73 Å². The van der Waals surface area contributed by atoms with Crippen LogP contribution in [0.1, 0.15) is 22.3 Å². The number of hydrogen-bond donors (Lipinski definition) is 2. The van der Waals surface area contributed by atoms with E-state index in [0.717, 1.165) is 22.3 Å². The first-order valence-electron chi connectivity index (χ1n) is 8.53. The van der Waals surface area contributed by atoms with Crippen molar-refractivity contribution in [2.45, 2.75) is 0 Å². The quantitative estimate of drug-likeness (QED) is 0.536. The molecule has 0 amide bonds. The highest BCUT2D eigenvalue weighted by Gasteiger charge is 2.22. The highest BCUT2D eigenvalue weighted by atomic mass is 15.1. The molecule has 0 unspecified atom stereocenters. The second kappa shape index (κ2) is 7.17. The van der Waals surface area contributed by atoms with Gasteiger partial charge in [0.15, 0.2) is 17.5 Å². The number of nitrogens with two attached hydrogens (primary N) is 1. The largest absolute Gasteiger partial charge is 0.383 e. The van der Waals surface area contributed by atoms with Crippen LogP contribution in [-0.2, 0) is 0 Å². The summed E-state index contributed by atoms with van der Waals surface area (Å²) in [4.78, 5) is 13.5. The maximum atomic E-state index is 8.26. The molecule has 0 aliphatic carbocycles. The zero-order chi connectivity index (χ0) is 18.6. The smallest absolute Gasteiger partial charge is 0.164 e. The second-order valence-corrected chi connectivity index (χ2v) is 5.99. The number of amidine groups is 4. The number of nitrogens with zero attached hydrogens (tertiary/aromatic N) is 3. The highest BCUT2D eigenvalue weighted by molar-refractivity contribution is 6.27. The van der Waals surface area contributed by atoms with Gasteiger partial charge in [0.2, 0.25) is 0 Å². The third kappa shape index (κ3) is 3.43. The van der Waals surface area contributed by atoms with E-state index in [-0.39, 0.29) is 5.84 Å². The molecule has 0 aromatic heterocycles. The third-order valence-corrected chi connectivity index (χ3v) is 4.18. The van der Waals surface area contributed by atoms with Crippen molar-refractivity contribution in [1.29, 1.82) is 5.41 Å². The van der Waals surface area contributed by atoms with E-state index in [2.05, 4.69) is 15.0 Å². The lowest BCUT2D eigenvalue weighted by atomic mass is 10.1. The summed E-state index contributed by atoms with van der Waals surface area (Å²) in [6, 6.07) is 26.6. The summed E-state index contributed by atoms with van der Waals surface area (Å²) >= 11 is 0. The number of rotatable bonds is 2. The molecule has 0 radical (unpaired) electrons. The molecule has 4 rings (SSSR count). The lowest BCUT2D eigenvalue weighted by Crippen LogP contribution is -2.15. The first-order valence-corrected chi connectivity index (χ1v) is 8.53. The van der Waals surface area contributed by atoms with Gasteiger partial charge in [0, 0.05) is 22.3 Å². The fourth-order valence-electron chi connectivity index (χ4n) is 2.82. The minimum absolute atomic E-state index is 0.158. The SMILES string of the molecule is N=C(N=C1N=C(N=C(N)c2ccccc2)c2ccccc21)c1ccccc1. The maximum absolute atomic E-state index is 8.26. The first-order chi connectivity index (χ1) is 13.2. The highest BCUT2D eigenvalue weighted by Crippen LogP contribution is 2.21. The Morgan fingerprint density at radius 2 is 1.30 bits per heavy atom.